The van der Waals surface area contributed by atoms with E-state index >= 15 is 0 Å². The van der Waals surface area contributed by atoms with Crippen LogP contribution >= 0.6 is 15.9 Å². The van der Waals surface area contributed by atoms with E-state index in [0.717, 1.165) is 23.0 Å². The lowest BCUT2D eigenvalue weighted by Crippen LogP contribution is -2.41. The maximum absolute atomic E-state index is 5.36. The van der Waals surface area contributed by atoms with Crippen molar-refractivity contribution in [3.05, 3.63) is 34.3 Å². The summed E-state index contributed by atoms with van der Waals surface area (Å²) < 4.78 is 1.06. The number of nitrogens with one attached hydrogen (secondary N) is 2. The number of aliphatic imine (C=N–C) groups is 1. The van der Waals surface area contributed by atoms with Gasteiger partial charge in [0.25, 0.3) is 0 Å². The number of halogens is 1. The van der Waals surface area contributed by atoms with Crippen molar-refractivity contribution in [2.45, 2.75) is 19.9 Å². The summed E-state index contributed by atoms with van der Waals surface area (Å²) in [5, 5.41) is 3.11. The third-order valence-electron chi connectivity index (χ3n) is 2.04. The quantitative estimate of drug-likeness (QED) is 0.342. The number of nitrogens with zero attached hydrogens (tertiary/aromatic N) is 1. The summed E-state index contributed by atoms with van der Waals surface area (Å²) in [6, 6.07) is 8.00. The fourth-order valence-corrected chi connectivity index (χ4v) is 1.60. The van der Waals surface area contributed by atoms with Gasteiger partial charge < -0.3 is 5.32 Å². The number of guanidine groups is 1. The minimum atomic E-state index is 0.595. The molecule has 0 aliphatic rings. The second kappa shape index (κ2) is 7.24. The standard InChI is InChI=1S/C11H17BrN4/c1-2-7-14-11(16-13)15-8-9-5-3-4-6-10(9)12/h3-6H,2,7-8,13H2,1H3,(H2,14,15,16). The molecule has 0 saturated heterocycles. The number of nitrogens with two attached hydrogens (primary N) is 1. The Bertz CT molecular complexity index is 352. The molecule has 1 aromatic rings. The van der Waals surface area contributed by atoms with Crippen LogP contribution in [0.1, 0.15) is 18.9 Å². The summed E-state index contributed by atoms with van der Waals surface area (Å²) >= 11 is 3.48. The van der Waals surface area contributed by atoms with Gasteiger partial charge in [-0.2, -0.15) is 0 Å². The molecule has 0 aliphatic carbocycles. The number of hydrazine groups is 1. The highest BCUT2D eigenvalue weighted by atomic mass is 79.9. The normalized spacial score (nSPS) is 11.3. The van der Waals surface area contributed by atoms with Crippen molar-refractivity contribution >= 4 is 21.9 Å². The van der Waals surface area contributed by atoms with Crippen molar-refractivity contribution in [1.29, 1.82) is 0 Å². The monoisotopic (exact) mass is 284 g/mol. The molecule has 4 N–H and O–H groups in total. The highest BCUT2D eigenvalue weighted by Gasteiger charge is 1.98. The maximum Gasteiger partial charge on any atom is 0.206 e. The van der Waals surface area contributed by atoms with Crippen LogP contribution in [-0.4, -0.2) is 12.5 Å². The number of rotatable bonds is 4. The number of benzene rings is 1. The van der Waals surface area contributed by atoms with Crippen molar-refractivity contribution in [2.24, 2.45) is 10.8 Å². The summed E-state index contributed by atoms with van der Waals surface area (Å²) in [5.41, 5.74) is 3.68. The summed E-state index contributed by atoms with van der Waals surface area (Å²) in [7, 11) is 0. The van der Waals surface area contributed by atoms with Crippen LogP contribution in [0.4, 0.5) is 0 Å². The largest absolute Gasteiger partial charge is 0.355 e. The Morgan fingerprint density at radius 3 is 2.81 bits per heavy atom. The van der Waals surface area contributed by atoms with E-state index in [-0.39, 0.29) is 0 Å². The Hall–Kier alpha value is -1.07. The van der Waals surface area contributed by atoms with E-state index in [9.17, 15) is 0 Å². The first-order valence-corrected chi connectivity index (χ1v) is 6.05. The van der Waals surface area contributed by atoms with Crippen molar-refractivity contribution in [3.8, 4) is 0 Å². The lowest BCUT2D eigenvalue weighted by molar-refractivity contribution is 0.790. The van der Waals surface area contributed by atoms with E-state index in [4.69, 9.17) is 5.84 Å². The van der Waals surface area contributed by atoms with Crippen LogP contribution in [0.5, 0.6) is 0 Å². The molecular formula is C11H17BrN4. The zero-order valence-electron chi connectivity index (χ0n) is 9.33. The third kappa shape index (κ3) is 4.20. The van der Waals surface area contributed by atoms with E-state index in [0.29, 0.717) is 12.5 Å². The highest BCUT2D eigenvalue weighted by molar-refractivity contribution is 9.10. The predicted molar refractivity (Wildman–Crippen MR) is 70.9 cm³/mol. The minimum Gasteiger partial charge on any atom is -0.355 e. The van der Waals surface area contributed by atoms with Gasteiger partial charge in [-0.3, -0.25) is 5.43 Å². The average molecular weight is 285 g/mol. The van der Waals surface area contributed by atoms with Crippen LogP contribution in [0.3, 0.4) is 0 Å². The zero-order chi connectivity index (χ0) is 11.8. The molecule has 0 amide bonds. The molecule has 4 nitrogen and oxygen atoms in total. The molecule has 0 aliphatic heterocycles. The van der Waals surface area contributed by atoms with Gasteiger partial charge in [0.2, 0.25) is 5.96 Å². The molecule has 0 aromatic heterocycles. The molecule has 1 aromatic carbocycles. The molecule has 0 unspecified atom stereocenters. The summed E-state index contributed by atoms with van der Waals surface area (Å²) in [6.07, 6.45) is 1.04. The van der Waals surface area contributed by atoms with E-state index in [1.54, 1.807) is 0 Å². The molecule has 0 saturated carbocycles. The van der Waals surface area contributed by atoms with E-state index in [2.05, 4.69) is 38.6 Å². The average Bonchev–Trinajstić information content (AvgIpc) is 2.31. The predicted octanol–water partition coefficient (Wildman–Crippen LogP) is 1.77. The van der Waals surface area contributed by atoms with Crippen molar-refractivity contribution in [1.82, 2.24) is 10.7 Å². The fourth-order valence-electron chi connectivity index (χ4n) is 1.19. The minimum absolute atomic E-state index is 0.595. The summed E-state index contributed by atoms with van der Waals surface area (Å²) in [6.45, 7) is 3.55. The Kier molecular flexibility index (Phi) is 5.88. The van der Waals surface area contributed by atoms with Crippen LogP contribution in [-0.2, 0) is 6.54 Å². The third-order valence-corrected chi connectivity index (χ3v) is 2.82. The highest BCUT2D eigenvalue weighted by Crippen LogP contribution is 2.16. The molecule has 16 heavy (non-hydrogen) atoms. The Morgan fingerprint density at radius 2 is 2.19 bits per heavy atom. The molecule has 1 rings (SSSR count). The number of hydrogen-bond donors (Lipinski definition) is 3. The number of hydrogen-bond acceptors (Lipinski definition) is 2. The lowest BCUT2D eigenvalue weighted by atomic mass is 10.2. The summed E-state index contributed by atoms with van der Waals surface area (Å²) in [5.74, 6) is 5.98. The summed E-state index contributed by atoms with van der Waals surface area (Å²) in [4.78, 5) is 4.35. The second-order valence-corrected chi connectivity index (χ2v) is 4.18. The smallest absolute Gasteiger partial charge is 0.206 e. The molecule has 0 fully saturated rings. The van der Waals surface area contributed by atoms with E-state index in [1.165, 1.54) is 0 Å². The van der Waals surface area contributed by atoms with Crippen LogP contribution < -0.4 is 16.6 Å². The van der Waals surface area contributed by atoms with Crippen LogP contribution in [0.15, 0.2) is 33.7 Å². The first-order chi connectivity index (χ1) is 7.77. The first-order valence-electron chi connectivity index (χ1n) is 5.26. The second-order valence-electron chi connectivity index (χ2n) is 3.33. The van der Waals surface area contributed by atoms with E-state index < -0.39 is 0 Å². The Morgan fingerprint density at radius 1 is 1.44 bits per heavy atom. The van der Waals surface area contributed by atoms with E-state index in [1.807, 2.05) is 24.3 Å². The van der Waals surface area contributed by atoms with Gasteiger partial charge in [-0.05, 0) is 18.1 Å². The molecule has 88 valence electrons. The van der Waals surface area contributed by atoms with Crippen molar-refractivity contribution < 1.29 is 0 Å². The van der Waals surface area contributed by atoms with Gasteiger partial charge in [0, 0.05) is 11.0 Å². The Balaban J connectivity index is 2.59. The van der Waals surface area contributed by atoms with Gasteiger partial charge in [0.15, 0.2) is 0 Å². The molecule has 5 heteroatoms. The SMILES string of the molecule is CCCNC(=NCc1ccccc1Br)NN. The molecule has 0 atom stereocenters. The maximum atomic E-state index is 5.36. The van der Waals surface area contributed by atoms with Crippen molar-refractivity contribution in [2.75, 3.05) is 6.54 Å². The van der Waals surface area contributed by atoms with Gasteiger partial charge in [0.05, 0.1) is 6.54 Å². The van der Waals surface area contributed by atoms with Gasteiger partial charge in [0.1, 0.15) is 0 Å². The molecule has 0 heterocycles. The van der Waals surface area contributed by atoms with Gasteiger partial charge in [-0.25, -0.2) is 10.8 Å². The van der Waals surface area contributed by atoms with Crippen molar-refractivity contribution in [3.63, 3.8) is 0 Å². The van der Waals surface area contributed by atoms with Crippen LogP contribution in [0.2, 0.25) is 0 Å². The molecule has 0 spiro atoms. The van der Waals surface area contributed by atoms with Gasteiger partial charge in [-0.1, -0.05) is 41.1 Å². The first kappa shape index (κ1) is 13.0. The molecule has 0 radical (unpaired) electrons. The van der Waals surface area contributed by atoms with Gasteiger partial charge >= 0.3 is 0 Å². The Labute approximate surface area is 104 Å². The fraction of sp³-hybridized carbons (Fsp3) is 0.364. The lowest BCUT2D eigenvalue weighted by Gasteiger charge is -2.08. The van der Waals surface area contributed by atoms with Gasteiger partial charge in [-0.15, -0.1) is 0 Å². The topological polar surface area (TPSA) is 62.4 Å². The molecular weight excluding hydrogens is 268 g/mol. The zero-order valence-corrected chi connectivity index (χ0v) is 10.9. The van der Waals surface area contributed by atoms with Crippen LogP contribution in [0, 0.1) is 0 Å². The molecule has 0 bridgehead atoms. The van der Waals surface area contributed by atoms with Crippen LogP contribution in [0.25, 0.3) is 0 Å².